The summed E-state index contributed by atoms with van der Waals surface area (Å²) in [5.41, 5.74) is 3.99. The van der Waals surface area contributed by atoms with E-state index in [1.54, 1.807) is 23.5 Å². The van der Waals surface area contributed by atoms with Gasteiger partial charge in [0.1, 0.15) is 0 Å². The van der Waals surface area contributed by atoms with Crippen molar-refractivity contribution in [2.24, 2.45) is 5.10 Å². The Bertz CT molecular complexity index is 1040. The van der Waals surface area contributed by atoms with Gasteiger partial charge in [-0.1, -0.05) is 23.9 Å². The van der Waals surface area contributed by atoms with Crippen molar-refractivity contribution >= 4 is 51.4 Å². The van der Waals surface area contributed by atoms with Crippen LogP contribution in [-0.4, -0.2) is 43.0 Å². The van der Waals surface area contributed by atoms with E-state index in [0.717, 1.165) is 14.6 Å². The van der Waals surface area contributed by atoms with Gasteiger partial charge in [0.15, 0.2) is 15.8 Å². The molecule has 0 aliphatic carbocycles. The van der Waals surface area contributed by atoms with Crippen molar-refractivity contribution in [3.05, 3.63) is 42.0 Å². The lowest BCUT2D eigenvalue weighted by Gasteiger charge is -2.13. The molecule has 8 nitrogen and oxygen atoms in total. The predicted octanol–water partition coefficient (Wildman–Crippen LogP) is 3.48. The molecule has 1 amide bonds. The van der Waals surface area contributed by atoms with Crippen LogP contribution < -0.4 is 19.6 Å². The molecule has 2 aromatic carbocycles. The van der Waals surface area contributed by atoms with E-state index in [1.165, 1.54) is 39.1 Å². The largest absolute Gasteiger partial charge is 0.493 e. The smallest absolute Gasteiger partial charge is 0.308 e. The standard InChI is InChI=1S/C20H19N3O5S2/c1-12(24)28-19-15(26-2)8-13(9-16(19)27-3)10-21-23-18(25)11-29-20-22-14-6-4-5-7-17(14)30-20/h4-10H,11H2,1-3H3,(H,23,25)/b21-10-. The Morgan fingerprint density at radius 1 is 1.20 bits per heavy atom. The zero-order chi connectivity index (χ0) is 21.5. The molecule has 156 valence electrons. The summed E-state index contributed by atoms with van der Waals surface area (Å²) < 4.78 is 17.6. The number of carbonyl (C=O) groups is 2. The van der Waals surface area contributed by atoms with Crippen LogP contribution >= 0.6 is 23.1 Å². The predicted molar refractivity (Wildman–Crippen MR) is 117 cm³/mol. The molecule has 10 heteroatoms. The van der Waals surface area contributed by atoms with Gasteiger partial charge in [-0.3, -0.25) is 9.59 Å². The van der Waals surface area contributed by atoms with Crippen LogP contribution in [0.15, 0.2) is 45.8 Å². The average Bonchev–Trinajstić information content (AvgIpc) is 3.15. The maximum absolute atomic E-state index is 12.1. The van der Waals surface area contributed by atoms with Crippen LogP contribution in [0.3, 0.4) is 0 Å². The SMILES string of the molecule is COc1cc(/C=N\NC(=O)CSc2nc3ccccc3s2)cc(OC)c1OC(C)=O. The molecule has 0 saturated heterocycles. The second-order valence-electron chi connectivity index (χ2n) is 5.88. The van der Waals surface area contributed by atoms with Crippen LogP contribution in [0.2, 0.25) is 0 Å². The molecule has 30 heavy (non-hydrogen) atoms. The van der Waals surface area contributed by atoms with E-state index in [-0.39, 0.29) is 17.4 Å². The van der Waals surface area contributed by atoms with Crippen molar-refractivity contribution in [3.8, 4) is 17.2 Å². The first kappa shape index (κ1) is 21.6. The molecule has 3 rings (SSSR count). The zero-order valence-electron chi connectivity index (χ0n) is 16.5. The number of ether oxygens (including phenoxy) is 3. The molecule has 1 heterocycles. The third-order valence-corrected chi connectivity index (χ3v) is 5.91. The third-order valence-electron chi connectivity index (χ3n) is 3.73. The minimum atomic E-state index is -0.495. The Kier molecular flexibility index (Phi) is 7.26. The van der Waals surface area contributed by atoms with Gasteiger partial charge in [-0.15, -0.1) is 11.3 Å². The lowest BCUT2D eigenvalue weighted by atomic mass is 10.2. The Balaban J connectivity index is 1.61. The van der Waals surface area contributed by atoms with Gasteiger partial charge in [-0.05, 0) is 24.3 Å². The van der Waals surface area contributed by atoms with Gasteiger partial charge < -0.3 is 14.2 Å². The number of amides is 1. The van der Waals surface area contributed by atoms with Gasteiger partial charge in [0.05, 0.1) is 36.4 Å². The second kappa shape index (κ2) is 10.1. The topological polar surface area (TPSA) is 99.1 Å². The number of rotatable bonds is 8. The maximum Gasteiger partial charge on any atom is 0.308 e. The number of fused-ring (bicyclic) bond motifs is 1. The highest BCUT2D eigenvalue weighted by atomic mass is 32.2. The number of hydrazone groups is 1. The quantitative estimate of drug-likeness (QED) is 0.186. The molecule has 0 atom stereocenters. The first-order valence-electron chi connectivity index (χ1n) is 8.75. The number of esters is 1. The summed E-state index contributed by atoms with van der Waals surface area (Å²) >= 11 is 2.90. The van der Waals surface area contributed by atoms with Crippen molar-refractivity contribution in [2.75, 3.05) is 20.0 Å². The zero-order valence-corrected chi connectivity index (χ0v) is 18.1. The molecule has 1 aromatic heterocycles. The lowest BCUT2D eigenvalue weighted by Crippen LogP contribution is -2.19. The van der Waals surface area contributed by atoms with Crippen LogP contribution in [0.5, 0.6) is 17.2 Å². The van der Waals surface area contributed by atoms with Crippen LogP contribution in [0.4, 0.5) is 0 Å². The average molecular weight is 446 g/mol. The van der Waals surface area contributed by atoms with Crippen molar-refractivity contribution < 1.29 is 23.8 Å². The molecule has 0 spiro atoms. The van der Waals surface area contributed by atoms with Gasteiger partial charge in [-0.25, -0.2) is 10.4 Å². The third kappa shape index (κ3) is 5.49. The van der Waals surface area contributed by atoms with Crippen LogP contribution in [0, 0.1) is 0 Å². The molecule has 0 aliphatic rings. The lowest BCUT2D eigenvalue weighted by molar-refractivity contribution is -0.132. The van der Waals surface area contributed by atoms with Crippen molar-refractivity contribution in [1.29, 1.82) is 0 Å². The molecule has 0 bridgehead atoms. The summed E-state index contributed by atoms with van der Waals surface area (Å²) in [6, 6.07) is 11.1. The highest BCUT2D eigenvalue weighted by Gasteiger charge is 2.15. The molecule has 3 aromatic rings. The van der Waals surface area contributed by atoms with Crippen LogP contribution in [-0.2, 0) is 9.59 Å². The summed E-state index contributed by atoms with van der Waals surface area (Å²) in [5, 5.41) is 3.96. The van der Waals surface area contributed by atoms with E-state index >= 15 is 0 Å². The summed E-state index contributed by atoms with van der Waals surface area (Å²) in [7, 11) is 2.90. The van der Waals surface area contributed by atoms with Gasteiger partial charge in [0.2, 0.25) is 5.75 Å². The summed E-state index contributed by atoms with van der Waals surface area (Å²) in [4.78, 5) is 27.8. The van der Waals surface area contributed by atoms with Crippen molar-refractivity contribution in [2.45, 2.75) is 11.3 Å². The maximum atomic E-state index is 12.1. The first-order chi connectivity index (χ1) is 14.5. The number of benzene rings is 2. The number of aromatic nitrogens is 1. The fraction of sp³-hybridized carbons (Fsp3) is 0.200. The number of hydrogen-bond acceptors (Lipinski definition) is 9. The van der Waals surface area contributed by atoms with E-state index in [4.69, 9.17) is 14.2 Å². The number of thioether (sulfide) groups is 1. The summed E-state index contributed by atoms with van der Waals surface area (Å²) in [6.07, 6.45) is 1.45. The molecule has 0 unspecified atom stereocenters. The Morgan fingerprint density at radius 2 is 1.90 bits per heavy atom. The van der Waals surface area contributed by atoms with Crippen molar-refractivity contribution in [1.82, 2.24) is 10.4 Å². The first-order valence-corrected chi connectivity index (χ1v) is 10.5. The van der Waals surface area contributed by atoms with E-state index in [2.05, 4.69) is 15.5 Å². The molecule has 0 radical (unpaired) electrons. The normalized spacial score (nSPS) is 10.9. The van der Waals surface area contributed by atoms with E-state index in [9.17, 15) is 9.59 Å². The van der Waals surface area contributed by atoms with Gasteiger partial charge in [0.25, 0.3) is 5.91 Å². The molecule has 0 aliphatic heterocycles. The molecule has 0 fully saturated rings. The van der Waals surface area contributed by atoms with Gasteiger partial charge >= 0.3 is 5.97 Å². The van der Waals surface area contributed by atoms with Crippen LogP contribution in [0.1, 0.15) is 12.5 Å². The highest BCUT2D eigenvalue weighted by molar-refractivity contribution is 8.01. The molecule has 1 N–H and O–H groups in total. The Hall–Kier alpha value is -3.11. The van der Waals surface area contributed by atoms with Gasteiger partial charge in [-0.2, -0.15) is 5.10 Å². The minimum absolute atomic E-state index is 0.181. The van der Waals surface area contributed by atoms with Crippen LogP contribution in [0.25, 0.3) is 10.2 Å². The van der Waals surface area contributed by atoms with E-state index in [0.29, 0.717) is 17.1 Å². The number of hydrogen-bond donors (Lipinski definition) is 1. The van der Waals surface area contributed by atoms with E-state index in [1.807, 2.05) is 24.3 Å². The molecular formula is C20H19N3O5S2. The number of nitrogens with one attached hydrogen (secondary N) is 1. The number of thiazole rings is 1. The fourth-order valence-electron chi connectivity index (χ4n) is 2.47. The number of para-hydroxylation sites is 1. The summed E-state index contributed by atoms with van der Waals surface area (Å²) in [6.45, 7) is 1.29. The monoisotopic (exact) mass is 445 g/mol. The fourth-order valence-corrected chi connectivity index (χ4v) is 4.33. The molecule has 0 saturated carbocycles. The van der Waals surface area contributed by atoms with E-state index < -0.39 is 5.97 Å². The minimum Gasteiger partial charge on any atom is -0.493 e. The second-order valence-corrected chi connectivity index (χ2v) is 8.13. The number of carbonyl (C=O) groups excluding carboxylic acids is 2. The van der Waals surface area contributed by atoms with Crippen molar-refractivity contribution in [3.63, 3.8) is 0 Å². The highest BCUT2D eigenvalue weighted by Crippen LogP contribution is 2.38. The molecular weight excluding hydrogens is 426 g/mol. The summed E-state index contributed by atoms with van der Waals surface area (Å²) in [5.74, 6) is 0.236. The Morgan fingerprint density at radius 3 is 2.53 bits per heavy atom. The Labute approximate surface area is 181 Å². The number of methoxy groups -OCH3 is 2. The van der Waals surface area contributed by atoms with Gasteiger partial charge in [0, 0.05) is 12.5 Å². The number of nitrogens with zero attached hydrogens (tertiary/aromatic N) is 2.